The zero-order valence-electron chi connectivity index (χ0n) is 17.4. The lowest BCUT2D eigenvalue weighted by molar-refractivity contribution is -0.135. The monoisotopic (exact) mass is 392 g/mol. The van der Waals surface area contributed by atoms with Crippen LogP contribution in [0.1, 0.15) is 44.1 Å². The van der Waals surface area contributed by atoms with Crippen molar-refractivity contribution in [2.45, 2.75) is 51.1 Å². The van der Waals surface area contributed by atoms with Gasteiger partial charge in [-0.05, 0) is 35.6 Å². The molecule has 1 heterocycles. The second-order valence-corrected chi connectivity index (χ2v) is 8.31. The highest BCUT2D eigenvalue weighted by Gasteiger charge is 2.31. The summed E-state index contributed by atoms with van der Waals surface area (Å²) >= 11 is 0. The lowest BCUT2D eigenvalue weighted by Gasteiger charge is -2.26. The van der Waals surface area contributed by atoms with E-state index in [0.29, 0.717) is 5.91 Å². The Labute approximate surface area is 173 Å². The van der Waals surface area contributed by atoms with Gasteiger partial charge in [0.15, 0.2) is 5.96 Å². The first kappa shape index (κ1) is 19.7. The van der Waals surface area contributed by atoms with Crippen LogP contribution in [0, 0.1) is 5.92 Å². The molecule has 1 saturated heterocycles. The van der Waals surface area contributed by atoms with Crippen LogP contribution in [-0.4, -0.2) is 42.9 Å². The fourth-order valence-electron chi connectivity index (χ4n) is 4.70. The minimum absolute atomic E-state index is 0.256. The van der Waals surface area contributed by atoms with E-state index < -0.39 is 0 Å². The number of carbonyl (C=O) groups excluding carboxylic acids is 1. The van der Waals surface area contributed by atoms with Crippen LogP contribution in [0.2, 0.25) is 0 Å². The first-order valence-electron chi connectivity index (χ1n) is 11.0. The number of amides is 1. The van der Waals surface area contributed by atoms with E-state index >= 15 is 0 Å². The molecule has 2 N–H and O–H groups in total. The number of fused-ring (bicyclic) bond motifs is 1. The highest BCUT2D eigenvalue weighted by atomic mass is 16.2. The molecule has 1 saturated carbocycles. The molecule has 5 nitrogen and oxygen atoms in total. The van der Waals surface area contributed by atoms with Crippen LogP contribution in [0.4, 0.5) is 0 Å². The van der Waals surface area contributed by atoms with Crippen LogP contribution in [0.25, 0.3) is 10.8 Å². The van der Waals surface area contributed by atoms with Crippen molar-refractivity contribution >= 4 is 22.6 Å². The molecule has 154 valence electrons. The third-order valence-electron chi connectivity index (χ3n) is 6.35. The van der Waals surface area contributed by atoms with Crippen molar-refractivity contribution in [3.8, 4) is 0 Å². The van der Waals surface area contributed by atoms with E-state index in [9.17, 15) is 4.79 Å². The van der Waals surface area contributed by atoms with E-state index in [1.807, 2.05) is 0 Å². The Balaban J connectivity index is 1.31. The van der Waals surface area contributed by atoms with Crippen molar-refractivity contribution in [3.05, 3.63) is 48.0 Å². The van der Waals surface area contributed by atoms with E-state index in [-0.39, 0.29) is 12.0 Å². The molecule has 0 spiro atoms. The van der Waals surface area contributed by atoms with Crippen molar-refractivity contribution in [3.63, 3.8) is 0 Å². The molecule has 0 aromatic heterocycles. The zero-order chi connectivity index (χ0) is 20.1. The lowest BCUT2D eigenvalue weighted by atomic mass is 9.88. The van der Waals surface area contributed by atoms with Gasteiger partial charge in [-0.1, -0.05) is 61.7 Å². The third kappa shape index (κ3) is 4.72. The summed E-state index contributed by atoms with van der Waals surface area (Å²) in [5.74, 6) is 1.42. The van der Waals surface area contributed by atoms with Gasteiger partial charge in [0, 0.05) is 38.6 Å². The summed E-state index contributed by atoms with van der Waals surface area (Å²) in [5.41, 5.74) is 1.26. The van der Waals surface area contributed by atoms with E-state index in [0.717, 1.165) is 44.9 Å². The number of carbonyl (C=O) groups is 1. The molecule has 2 aliphatic rings. The molecule has 0 radical (unpaired) electrons. The Morgan fingerprint density at radius 1 is 1.07 bits per heavy atom. The quantitative estimate of drug-likeness (QED) is 0.616. The molecule has 2 aromatic carbocycles. The van der Waals surface area contributed by atoms with Gasteiger partial charge >= 0.3 is 0 Å². The fraction of sp³-hybridized carbons (Fsp3) is 0.500. The van der Waals surface area contributed by atoms with E-state index in [1.165, 1.54) is 35.6 Å². The van der Waals surface area contributed by atoms with Crippen LogP contribution < -0.4 is 10.6 Å². The summed E-state index contributed by atoms with van der Waals surface area (Å²) in [5, 5.41) is 9.48. The zero-order valence-corrected chi connectivity index (χ0v) is 17.4. The van der Waals surface area contributed by atoms with Gasteiger partial charge in [0.05, 0.1) is 0 Å². The molecule has 29 heavy (non-hydrogen) atoms. The van der Waals surface area contributed by atoms with Crippen LogP contribution in [0.3, 0.4) is 0 Å². The van der Waals surface area contributed by atoms with Crippen LogP contribution >= 0.6 is 0 Å². The average molecular weight is 393 g/mol. The van der Waals surface area contributed by atoms with Gasteiger partial charge in [-0.2, -0.15) is 0 Å². The molecule has 1 amide bonds. The Hall–Kier alpha value is -2.56. The second-order valence-electron chi connectivity index (χ2n) is 8.31. The molecular weight excluding hydrogens is 360 g/mol. The molecule has 1 aliphatic heterocycles. The number of benzene rings is 2. The van der Waals surface area contributed by atoms with Crippen molar-refractivity contribution in [1.82, 2.24) is 15.5 Å². The third-order valence-corrected chi connectivity index (χ3v) is 6.35. The van der Waals surface area contributed by atoms with Gasteiger partial charge in [0.1, 0.15) is 0 Å². The maximum atomic E-state index is 12.8. The number of aliphatic imine (C=N–C) groups is 1. The van der Waals surface area contributed by atoms with Crippen LogP contribution in [-0.2, 0) is 11.3 Å². The van der Waals surface area contributed by atoms with Crippen molar-refractivity contribution in [2.24, 2.45) is 10.9 Å². The molecule has 1 aliphatic carbocycles. The van der Waals surface area contributed by atoms with Crippen molar-refractivity contribution in [1.29, 1.82) is 0 Å². The maximum Gasteiger partial charge on any atom is 0.225 e. The summed E-state index contributed by atoms with van der Waals surface area (Å²) in [4.78, 5) is 19.2. The van der Waals surface area contributed by atoms with Gasteiger partial charge in [-0.25, -0.2) is 0 Å². The Morgan fingerprint density at radius 3 is 2.69 bits per heavy atom. The summed E-state index contributed by atoms with van der Waals surface area (Å²) in [6.45, 7) is 2.36. The normalized spacial score (nSPS) is 20.8. The summed E-state index contributed by atoms with van der Waals surface area (Å²) in [7, 11) is 1.80. The standard InChI is InChI=1S/C24H32N4O/c1-25-24(26-16-20-12-7-11-18-8-5-6-13-22(18)20)27-21-14-15-28(17-21)23(29)19-9-3-2-4-10-19/h5-8,11-13,19,21H,2-4,9-10,14-17H2,1H3,(H2,25,26,27). The van der Waals surface area contributed by atoms with Crippen molar-refractivity contribution in [2.75, 3.05) is 20.1 Å². The highest BCUT2D eigenvalue weighted by molar-refractivity contribution is 5.86. The highest BCUT2D eigenvalue weighted by Crippen LogP contribution is 2.26. The number of hydrogen-bond donors (Lipinski definition) is 2. The summed E-state index contributed by atoms with van der Waals surface area (Å²) < 4.78 is 0. The minimum Gasteiger partial charge on any atom is -0.352 e. The Kier molecular flexibility index (Phi) is 6.33. The number of nitrogens with one attached hydrogen (secondary N) is 2. The Bertz CT molecular complexity index is 867. The van der Waals surface area contributed by atoms with Gasteiger partial charge in [0.2, 0.25) is 5.91 Å². The second kappa shape index (κ2) is 9.29. The first-order chi connectivity index (χ1) is 14.2. The number of guanidine groups is 1. The average Bonchev–Trinajstić information content (AvgIpc) is 3.25. The molecule has 1 atom stereocenters. The molecule has 5 heteroatoms. The van der Waals surface area contributed by atoms with Crippen molar-refractivity contribution < 1.29 is 4.79 Å². The molecule has 0 bridgehead atoms. The Morgan fingerprint density at radius 2 is 1.86 bits per heavy atom. The predicted molar refractivity (Wildman–Crippen MR) is 119 cm³/mol. The van der Waals surface area contributed by atoms with E-state index in [2.05, 4.69) is 63.0 Å². The number of likely N-dealkylation sites (tertiary alicyclic amines) is 1. The van der Waals surface area contributed by atoms with Gasteiger partial charge in [-0.3, -0.25) is 9.79 Å². The van der Waals surface area contributed by atoms with Crippen LogP contribution in [0.15, 0.2) is 47.5 Å². The van der Waals surface area contributed by atoms with Gasteiger partial charge in [-0.15, -0.1) is 0 Å². The number of nitrogens with zero attached hydrogens (tertiary/aromatic N) is 2. The minimum atomic E-state index is 0.256. The summed E-state index contributed by atoms with van der Waals surface area (Å²) in [6.07, 6.45) is 6.82. The smallest absolute Gasteiger partial charge is 0.225 e. The lowest BCUT2D eigenvalue weighted by Crippen LogP contribution is -2.45. The maximum absolute atomic E-state index is 12.8. The van der Waals surface area contributed by atoms with E-state index in [4.69, 9.17) is 0 Å². The van der Waals surface area contributed by atoms with Crippen LogP contribution in [0.5, 0.6) is 0 Å². The molecular formula is C24H32N4O. The number of rotatable bonds is 4. The first-order valence-corrected chi connectivity index (χ1v) is 11.0. The number of hydrogen-bond acceptors (Lipinski definition) is 2. The molecule has 2 fully saturated rings. The van der Waals surface area contributed by atoms with Gasteiger partial charge in [0.25, 0.3) is 0 Å². The molecule has 2 aromatic rings. The van der Waals surface area contributed by atoms with Gasteiger partial charge < -0.3 is 15.5 Å². The topological polar surface area (TPSA) is 56.7 Å². The predicted octanol–water partition coefficient (Wildman–Crippen LogP) is 3.69. The molecule has 4 rings (SSSR count). The molecule has 1 unspecified atom stereocenters. The van der Waals surface area contributed by atoms with E-state index in [1.54, 1.807) is 7.05 Å². The largest absolute Gasteiger partial charge is 0.352 e. The summed E-state index contributed by atoms with van der Waals surface area (Å²) in [6, 6.07) is 15.1. The fourth-order valence-corrected chi connectivity index (χ4v) is 4.70. The SMILES string of the molecule is CN=C(NCc1cccc2ccccc12)NC1CCN(C(=O)C2CCCCC2)C1.